The van der Waals surface area contributed by atoms with Crippen LogP contribution in [0.15, 0.2) is 23.1 Å². The van der Waals surface area contributed by atoms with Crippen LogP contribution in [0.5, 0.6) is 0 Å². The summed E-state index contributed by atoms with van der Waals surface area (Å²) in [6.07, 6.45) is 3.87. The predicted molar refractivity (Wildman–Crippen MR) is 72.5 cm³/mol. The van der Waals surface area contributed by atoms with E-state index in [9.17, 15) is 13.5 Å². The van der Waals surface area contributed by atoms with Gasteiger partial charge in [-0.25, -0.2) is 8.42 Å². The zero-order chi connectivity index (χ0) is 13.5. The van der Waals surface area contributed by atoms with Crippen molar-refractivity contribution in [3.63, 3.8) is 0 Å². The van der Waals surface area contributed by atoms with E-state index >= 15 is 0 Å². The quantitative estimate of drug-likeness (QED) is 0.889. The number of piperidine rings is 1. The average Bonchev–Trinajstić information content (AvgIpc) is 2.86. The fourth-order valence-corrected chi connectivity index (χ4v) is 4.46. The van der Waals surface area contributed by atoms with Crippen molar-refractivity contribution < 1.29 is 13.5 Å². The van der Waals surface area contributed by atoms with Gasteiger partial charge in [0.1, 0.15) is 0 Å². The molecule has 1 aromatic carbocycles. The van der Waals surface area contributed by atoms with Crippen LogP contribution in [0.4, 0.5) is 0 Å². The van der Waals surface area contributed by atoms with Gasteiger partial charge in [-0.1, -0.05) is 6.07 Å². The van der Waals surface area contributed by atoms with Gasteiger partial charge in [0.15, 0.2) is 0 Å². The van der Waals surface area contributed by atoms with Gasteiger partial charge in [-0.2, -0.15) is 4.31 Å². The Morgan fingerprint density at radius 3 is 2.53 bits per heavy atom. The van der Waals surface area contributed by atoms with Gasteiger partial charge in [0, 0.05) is 13.1 Å². The maximum absolute atomic E-state index is 12.5. The lowest BCUT2D eigenvalue weighted by Gasteiger charge is -2.28. The molecule has 0 radical (unpaired) electrons. The minimum Gasteiger partial charge on any atom is -0.393 e. The maximum atomic E-state index is 12.5. The Bertz CT molecular complexity index is 574. The summed E-state index contributed by atoms with van der Waals surface area (Å²) in [4.78, 5) is 0.407. The van der Waals surface area contributed by atoms with Gasteiger partial charge in [0.05, 0.1) is 11.0 Å². The Kier molecular flexibility index (Phi) is 3.37. The van der Waals surface area contributed by atoms with E-state index in [-0.39, 0.29) is 6.10 Å². The first-order valence-electron chi connectivity index (χ1n) is 6.87. The number of aryl methyl sites for hydroxylation is 2. The van der Waals surface area contributed by atoms with Crippen molar-refractivity contribution in [3.05, 3.63) is 29.3 Å². The molecule has 0 spiro atoms. The highest BCUT2D eigenvalue weighted by Crippen LogP contribution is 2.27. The average molecular weight is 281 g/mol. The molecule has 19 heavy (non-hydrogen) atoms. The first-order valence-corrected chi connectivity index (χ1v) is 8.31. The van der Waals surface area contributed by atoms with Crippen molar-refractivity contribution in [2.75, 3.05) is 13.1 Å². The molecule has 1 fully saturated rings. The third-order valence-electron chi connectivity index (χ3n) is 4.13. The molecule has 104 valence electrons. The number of fused-ring (bicyclic) bond motifs is 1. The second kappa shape index (κ2) is 4.89. The van der Waals surface area contributed by atoms with E-state index in [0.29, 0.717) is 30.8 Å². The summed E-state index contributed by atoms with van der Waals surface area (Å²) >= 11 is 0. The first kappa shape index (κ1) is 13.1. The Labute approximate surface area is 114 Å². The topological polar surface area (TPSA) is 57.6 Å². The number of hydrogen-bond acceptors (Lipinski definition) is 3. The van der Waals surface area contributed by atoms with E-state index in [2.05, 4.69) is 0 Å². The highest BCUT2D eigenvalue weighted by molar-refractivity contribution is 7.89. The van der Waals surface area contributed by atoms with Gasteiger partial charge in [0.2, 0.25) is 10.0 Å². The summed E-state index contributed by atoms with van der Waals surface area (Å²) < 4.78 is 26.6. The number of sulfonamides is 1. The lowest BCUT2D eigenvalue weighted by Crippen LogP contribution is -2.40. The minimum absolute atomic E-state index is 0.355. The van der Waals surface area contributed by atoms with E-state index in [1.54, 1.807) is 6.07 Å². The van der Waals surface area contributed by atoms with Crippen LogP contribution in [0.3, 0.4) is 0 Å². The molecule has 1 heterocycles. The summed E-state index contributed by atoms with van der Waals surface area (Å²) in [5, 5.41) is 9.47. The van der Waals surface area contributed by atoms with E-state index in [1.165, 1.54) is 15.4 Å². The molecule has 0 saturated carbocycles. The fraction of sp³-hybridized carbons (Fsp3) is 0.571. The van der Waals surface area contributed by atoms with Crippen molar-refractivity contribution in [1.82, 2.24) is 4.31 Å². The molecule has 0 atom stereocenters. The molecule has 5 heteroatoms. The third kappa shape index (κ3) is 2.42. The maximum Gasteiger partial charge on any atom is 0.243 e. The normalized spacial score (nSPS) is 21.5. The zero-order valence-corrected chi connectivity index (χ0v) is 11.7. The predicted octanol–water partition coefficient (Wildman–Crippen LogP) is 1.32. The summed E-state index contributed by atoms with van der Waals surface area (Å²) in [5.74, 6) is 0. The molecule has 0 aromatic heterocycles. The molecular formula is C14H19NO3S. The molecule has 1 saturated heterocycles. The van der Waals surface area contributed by atoms with Gasteiger partial charge in [-0.05, 0) is 55.4 Å². The van der Waals surface area contributed by atoms with Gasteiger partial charge >= 0.3 is 0 Å². The van der Waals surface area contributed by atoms with Crippen molar-refractivity contribution in [2.45, 2.75) is 43.1 Å². The number of aliphatic hydroxyl groups excluding tert-OH is 1. The van der Waals surface area contributed by atoms with Crippen LogP contribution in [0.25, 0.3) is 0 Å². The van der Waals surface area contributed by atoms with Crippen LogP contribution in [0.2, 0.25) is 0 Å². The second-order valence-electron chi connectivity index (χ2n) is 5.42. The number of rotatable bonds is 2. The standard InChI is InChI=1S/C14H19NO3S/c16-13-6-8-15(9-7-13)19(17,18)14-5-4-11-2-1-3-12(11)10-14/h4-5,10,13,16H,1-3,6-9H2. The SMILES string of the molecule is O=S(=O)(c1ccc2c(c1)CCC2)N1CCC(O)CC1. The fourth-order valence-electron chi connectivity index (χ4n) is 2.94. The Hall–Kier alpha value is -0.910. The van der Waals surface area contributed by atoms with Gasteiger partial charge in [-0.15, -0.1) is 0 Å². The summed E-state index contributed by atoms with van der Waals surface area (Å²) in [6.45, 7) is 0.834. The van der Waals surface area contributed by atoms with Gasteiger partial charge < -0.3 is 5.11 Å². The summed E-state index contributed by atoms with van der Waals surface area (Å²) in [7, 11) is -3.38. The molecule has 3 rings (SSSR count). The van der Waals surface area contributed by atoms with Crippen LogP contribution in [0, 0.1) is 0 Å². The van der Waals surface area contributed by atoms with E-state index in [1.807, 2.05) is 12.1 Å². The Morgan fingerprint density at radius 2 is 1.79 bits per heavy atom. The van der Waals surface area contributed by atoms with Crippen molar-refractivity contribution >= 4 is 10.0 Å². The summed E-state index contributed by atoms with van der Waals surface area (Å²) in [5.41, 5.74) is 2.46. The van der Waals surface area contributed by atoms with Crippen molar-refractivity contribution in [3.8, 4) is 0 Å². The number of hydrogen-bond donors (Lipinski definition) is 1. The smallest absolute Gasteiger partial charge is 0.243 e. The molecule has 1 N–H and O–H groups in total. The van der Waals surface area contributed by atoms with Crippen LogP contribution in [-0.4, -0.2) is 37.0 Å². The minimum atomic E-state index is -3.38. The highest BCUT2D eigenvalue weighted by Gasteiger charge is 2.29. The van der Waals surface area contributed by atoms with Crippen LogP contribution < -0.4 is 0 Å². The lowest BCUT2D eigenvalue weighted by molar-refractivity contribution is 0.113. The molecule has 2 aliphatic rings. The van der Waals surface area contributed by atoms with Gasteiger partial charge in [-0.3, -0.25) is 0 Å². The van der Waals surface area contributed by atoms with Crippen LogP contribution in [-0.2, 0) is 22.9 Å². The van der Waals surface area contributed by atoms with Gasteiger partial charge in [0.25, 0.3) is 0 Å². The molecule has 0 bridgehead atoms. The lowest BCUT2D eigenvalue weighted by atomic mass is 10.1. The summed E-state index contributed by atoms with van der Waals surface area (Å²) in [6, 6.07) is 5.52. The Morgan fingerprint density at radius 1 is 1.11 bits per heavy atom. The van der Waals surface area contributed by atoms with E-state index in [4.69, 9.17) is 0 Å². The molecule has 1 aliphatic carbocycles. The first-order chi connectivity index (χ1) is 9.07. The third-order valence-corrected chi connectivity index (χ3v) is 6.03. The second-order valence-corrected chi connectivity index (χ2v) is 7.36. The molecule has 1 aliphatic heterocycles. The van der Waals surface area contributed by atoms with E-state index < -0.39 is 10.0 Å². The molecule has 0 unspecified atom stereocenters. The monoisotopic (exact) mass is 281 g/mol. The molecule has 4 nitrogen and oxygen atoms in total. The number of benzene rings is 1. The van der Waals surface area contributed by atoms with Crippen molar-refractivity contribution in [2.24, 2.45) is 0 Å². The molecular weight excluding hydrogens is 262 g/mol. The zero-order valence-electron chi connectivity index (χ0n) is 10.9. The largest absolute Gasteiger partial charge is 0.393 e. The van der Waals surface area contributed by atoms with Crippen molar-refractivity contribution in [1.29, 1.82) is 0 Å². The van der Waals surface area contributed by atoms with Crippen LogP contribution in [0.1, 0.15) is 30.4 Å². The number of nitrogens with zero attached hydrogens (tertiary/aromatic N) is 1. The van der Waals surface area contributed by atoms with E-state index in [0.717, 1.165) is 19.3 Å². The molecule has 1 aromatic rings. The number of aliphatic hydroxyl groups is 1. The molecule has 0 amide bonds. The Balaban J connectivity index is 1.88. The van der Waals surface area contributed by atoms with Crippen LogP contribution >= 0.6 is 0 Å². The highest BCUT2D eigenvalue weighted by atomic mass is 32.2.